The van der Waals surface area contributed by atoms with Crippen molar-refractivity contribution >= 4 is 11.9 Å². The molecule has 0 radical (unpaired) electrons. The molecule has 2 aliphatic heterocycles. The summed E-state index contributed by atoms with van der Waals surface area (Å²) in [5.74, 6) is -0.404. The van der Waals surface area contributed by atoms with Crippen LogP contribution in [0, 0.1) is 5.92 Å². The quantitative estimate of drug-likeness (QED) is 0.655. The second kappa shape index (κ2) is 5.75. The van der Waals surface area contributed by atoms with Crippen LogP contribution in [-0.4, -0.2) is 38.9 Å². The zero-order valence-electron chi connectivity index (χ0n) is 12.4. The van der Waals surface area contributed by atoms with E-state index in [1.165, 1.54) is 7.11 Å². The first-order valence-corrected chi connectivity index (χ1v) is 7.07. The van der Waals surface area contributed by atoms with Crippen LogP contribution in [0.5, 0.6) is 17.2 Å². The highest BCUT2D eigenvalue weighted by Crippen LogP contribution is 2.44. The first-order chi connectivity index (χ1) is 10.7. The number of fused-ring (bicyclic) bond motifs is 1. The van der Waals surface area contributed by atoms with Crippen LogP contribution in [0.2, 0.25) is 0 Å². The van der Waals surface area contributed by atoms with Gasteiger partial charge in [0, 0.05) is 12.5 Å². The number of carbonyl (C=O) groups excluding carboxylic acids is 2. The highest BCUT2D eigenvalue weighted by Gasteiger charge is 2.43. The topological polar surface area (TPSA) is 83.1 Å². The molecule has 22 heavy (non-hydrogen) atoms. The number of carbonyl (C=O) groups is 2. The number of nitrogens with one attached hydrogen (secondary N) is 1. The third-order valence-electron chi connectivity index (χ3n) is 3.83. The van der Waals surface area contributed by atoms with Gasteiger partial charge in [-0.05, 0) is 24.6 Å². The number of methoxy groups -OCH3 is 1. The van der Waals surface area contributed by atoms with E-state index in [2.05, 4.69) is 5.32 Å². The molecule has 7 nitrogen and oxygen atoms in total. The van der Waals surface area contributed by atoms with Gasteiger partial charge in [0.1, 0.15) is 5.92 Å². The molecule has 1 aromatic rings. The molecule has 0 aliphatic carbocycles. The monoisotopic (exact) mass is 307 g/mol. The van der Waals surface area contributed by atoms with E-state index in [1.54, 1.807) is 19.1 Å². The fourth-order valence-corrected chi connectivity index (χ4v) is 2.80. The third-order valence-corrected chi connectivity index (χ3v) is 3.83. The molecule has 0 saturated carbocycles. The van der Waals surface area contributed by atoms with Gasteiger partial charge in [0.15, 0.2) is 11.5 Å². The Morgan fingerprint density at radius 1 is 1.41 bits per heavy atom. The Kier molecular flexibility index (Phi) is 3.79. The predicted molar refractivity (Wildman–Crippen MR) is 75.0 cm³/mol. The molecule has 1 fully saturated rings. The van der Waals surface area contributed by atoms with E-state index in [0.717, 1.165) is 5.56 Å². The summed E-state index contributed by atoms with van der Waals surface area (Å²) in [5, 5.41) is 2.71. The van der Waals surface area contributed by atoms with Crippen molar-refractivity contribution in [2.45, 2.75) is 12.8 Å². The molecule has 0 bridgehead atoms. The second-order valence-electron chi connectivity index (χ2n) is 5.04. The minimum absolute atomic E-state index is 0.123. The third kappa shape index (κ3) is 2.32. The van der Waals surface area contributed by atoms with Crippen LogP contribution in [0.25, 0.3) is 0 Å². The molecule has 7 heteroatoms. The van der Waals surface area contributed by atoms with Crippen molar-refractivity contribution in [3.63, 3.8) is 0 Å². The van der Waals surface area contributed by atoms with Crippen LogP contribution in [0.3, 0.4) is 0 Å². The van der Waals surface area contributed by atoms with Crippen LogP contribution >= 0.6 is 0 Å². The number of amides is 1. The molecule has 2 atom stereocenters. The summed E-state index contributed by atoms with van der Waals surface area (Å²) in [6.45, 7) is 2.44. The van der Waals surface area contributed by atoms with E-state index >= 15 is 0 Å². The van der Waals surface area contributed by atoms with Crippen molar-refractivity contribution in [3.8, 4) is 17.2 Å². The number of ether oxygens (including phenoxy) is 4. The van der Waals surface area contributed by atoms with Crippen LogP contribution in [0.15, 0.2) is 12.1 Å². The summed E-state index contributed by atoms with van der Waals surface area (Å²) < 4.78 is 21.0. The summed E-state index contributed by atoms with van der Waals surface area (Å²) in [5.41, 5.74) is 0.775. The van der Waals surface area contributed by atoms with Gasteiger partial charge in [0.05, 0.1) is 13.7 Å². The summed E-state index contributed by atoms with van der Waals surface area (Å²) in [6, 6.07) is 3.55. The Hall–Kier alpha value is -2.44. The van der Waals surface area contributed by atoms with Crippen molar-refractivity contribution in [1.29, 1.82) is 0 Å². The van der Waals surface area contributed by atoms with Crippen LogP contribution in [-0.2, 0) is 14.3 Å². The molecular weight excluding hydrogens is 290 g/mol. The Bertz CT molecular complexity index is 614. The van der Waals surface area contributed by atoms with Crippen molar-refractivity contribution in [1.82, 2.24) is 5.32 Å². The number of benzene rings is 1. The lowest BCUT2D eigenvalue weighted by Gasteiger charge is -2.17. The van der Waals surface area contributed by atoms with Gasteiger partial charge in [0.25, 0.3) is 0 Å². The average molecular weight is 307 g/mol. The highest BCUT2D eigenvalue weighted by atomic mass is 16.7. The molecule has 1 aromatic carbocycles. The minimum atomic E-state index is -0.856. The van der Waals surface area contributed by atoms with E-state index < -0.39 is 11.9 Å². The van der Waals surface area contributed by atoms with Gasteiger partial charge in [-0.1, -0.05) is 0 Å². The summed E-state index contributed by atoms with van der Waals surface area (Å²) in [7, 11) is 1.53. The lowest BCUT2D eigenvalue weighted by molar-refractivity contribution is -0.151. The standard InChI is InChI=1S/C15H17NO6/c1-3-20-15(18)12-9(6-16-14(12)17)8-4-10(19-2)13-11(5-8)21-7-22-13/h4-5,9,12H,3,6-7H2,1-2H3,(H,16,17)/t9-,12-/m0/s1. The Labute approximate surface area is 127 Å². The molecule has 1 saturated heterocycles. The van der Waals surface area contributed by atoms with E-state index in [9.17, 15) is 9.59 Å². The van der Waals surface area contributed by atoms with Gasteiger partial charge in [-0.15, -0.1) is 0 Å². The Morgan fingerprint density at radius 3 is 2.95 bits per heavy atom. The first-order valence-electron chi connectivity index (χ1n) is 7.07. The molecule has 0 aromatic heterocycles. The van der Waals surface area contributed by atoms with Gasteiger partial charge in [-0.25, -0.2) is 0 Å². The van der Waals surface area contributed by atoms with Crippen molar-refractivity contribution in [2.75, 3.05) is 27.1 Å². The highest BCUT2D eigenvalue weighted by molar-refractivity contribution is 6.00. The zero-order valence-corrected chi connectivity index (χ0v) is 12.4. The second-order valence-corrected chi connectivity index (χ2v) is 5.04. The minimum Gasteiger partial charge on any atom is -0.493 e. The fraction of sp³-hybridized carbons (Fsp3) is 0.467. The van der Waals surface area contributed by atoms with Gasteiger partial charge in [-0.3, -0.25) is 9.59 Å². The van der Waals surface area contributed by atoms with Gasteiger partial charge < -0.3 is 24.3 Å². The van der Waals surface area contributed by atoms with Crippen LogP contribution in [0.1, 0.15) is 18.4 Å². The van der Waals surface area contributed by atoms with E-state index in [0.29, 0.717) is 23.8 Å². The molecular formula is C15H17NO6. The Morgan fingerprint density at radius 2 is 2.23 bits per heavy atom. The van der Waals surface area contributed by atoms with Gasteiger partial charge in [-0.2, -0.15) is 0 Å². The summed E-state index contributed by atoms with van der Waals surface area (Å²) in [4.78, 5) is 24.0. The molecule has 2 aliphatic rings. The number of hydrogen-bond acceptors (Lipinski definition) is 6. The lowest BCUT2D eigenvalue weighted by Crippen LogP contribution is -2.29. The van der Waals surface area contributed by atoms with E-state index in [1.807, 2.05) is 0 Å². The molecule has 1 amide bonds. The molecule has 3 rings (SSSR count). The van der Waals surface area contributed by atoms with Crippen LogP contribution in [0.4, 0.5) is 0 Å². The fourth-order valence-electron chi connectivity index (χ4n) is 2.80. The van der Waals surface area contributed by atoms with Crippen molar-refractivity contribution in [2.24, 2.45) is 5.92 Å². The van der Waals surface area contributed by atoms with E-state index in [-0.39, 0.29) is 25.2 Å². The summed E-state index contributed by atoms with van der Waals surface area (Å²) in [6.07, 6.45) is 0. The van der Waals surface area contributed by atoms with Crippen molar-refractivity contribution in [3.05, 3.63) is 17.7 Å². The average Bonchev–Trinajstić information content (AvgIpc) is 3.12. The smallest absolute Gasteiger partial charge is 0.319 e. The number of hydrogen-bond donors (Lipinski definition) is 1. The molecule has 1 N–H and O–H groups in total. The summed E-state index contributed by atoms with van der Waals surface area (Å²) >= 11 is 0. The normalized spacial score (nSPS) is 22.4. The SMILES string of the molecule is CCOC(=O)[C@@H]1C(=O)NC[C@H]1c1cc(OC)c2c(c1)OCO2. The van der Waals surface area contributed by atoms with Crippen LogP contribution < -0.4 is 19.5 Å². The lowest BCUT2D eigenvalue weighted by atomic mass is 9.88. The Balaban J connectivity index is 1.96. The maximum Gasteiger partial charge on any atom is 0.319 e. The predicted octanol–water partition coefficient (Wildman–Crippen LogP) is 0.817. The molecule has 0 unspecified atom stereocenters. The largest absolute Gasteiger partial charge is 0.493 e. The first kappa shape index (κ1) is 14.5. The molecule has 2 heterocycles. The zero-order chi connectivity index (χ0) is 15.7. The van der Waals surface area contributed by atoms with Gasteiger partial charge >= 0.3 is 5.97 Å². The maximum absolute atomic E-state index is 12.1. The molecule has 118 valence electrons. The number of esters is 1. The number of rotatable bonds is 4. The molecule has 0 spiro atoms. The maximum atomic E-state index is 12.1. The van der Waals surface area contributed by atoms with Crippen molar-refractivity contribution < 1.29 is 28.5 Å². The van der Waals surface area contributed by atoms with E-state index in [4.69, 9.17) is 18.9 Å². The van der Waals surface area contributed by atoms with Gasteiger partial charge in [0.2, 0.25) is 18.4 Å².